The Morgan fingerprint density at radius 2 is 1.87 bits per heavy atom. The second-order valence-corrected chi connectivity index (χ2v) is 9.52. The first-order valence-corrected chi connectivity index (χ1v) is 11.9. The minimum Gasteiger partial charge on any atom is -0.347 e. The molecule has 2 aliphatic heterocycles. The smallest absolute Gasteiger partial charge is 0.227 e. The number of piperidine rings is 2. The molecule has 1 atom stereocenters. The van der Waals surface area contributed by atoms with Crippen molar-refractivity contribution in [1.29, 1.82) is 0 Å². The summed E-state index contributed by atoms with van der Waals surface area (Å²) in [6, 6.07) is 14.7. The van der Waals surface area contributed by atoms with E-state index in [0.29, 0.717) is 11.8 Å². The summed E-state index contributed by atoms with van der Waals surface area (Å²) < 4.78 is 0. The molecule has 1 aromatic carbocycles. The van der Waals surface area contributed by atoms with Gasteiger partial charge in [0.05, 0.1) is 5.92 Å². The van der Waals surface area contributed by atoms with Crippen LogP contribution < -0.4 is 4.90 Å². The number of carbonyl (C=O) groups is 1. The van der Waals surface area contributed by atoms with E-state index in [1.54, 1.807) is 11.3 Å². The maximum Gasteiger partial charge on any atom is 0.227 e. The van der Waals surface area contributed by atoms with Gasteiger partial charge in [-0.15, -0.1) is 0 Å². The highest BCUT2D eigenvalue weighted by atomic mass is 32.1. The molecule has 0 bridgehead atoms. The SMILES string of the molecule is O=C(C1CCCN(c2nc3cccnc3s2)C1)N1CCC(Cc2ccccc2)CC1. The normalized spacial score (nSPS) is 20.6. The molecule has 1 unspecified atom stereocenters. The Balaban J connectivity index is 1.18. The molecule has 0 saturated carbocycles. The van der Waals surface area contributed by atoms with E-state index in [2.05, 4.69) is 45.1 Å². The van der Waals surface area contributed by atoms with Gasteiger partial charge in [-0.2, -0.15) is 0 Å². The van der Waals surface area contributed by atoms with E-state index in [9.17, 15) is 4.79 Å². The topological polar surface area (TPSA) is 49.3 Å². The number of pyridine rings is 1. The van der Waals surface area contributed by atoms with Gasteiger partial charge >= 0.3 is 0 Å². The monoisotopic (exact) mass is 420 g/mol. The maximum absolute atomic E-state index is 13.2. The zero-order valence-corrected chi connectivity index (χ0v) is 18.1. The Labute approximate surface area is 181 Å². The van der Waals surface area contributed by atoms with E-state index < -0.39 is 0 Å². The Bertz CT molecular complexity index is 964. The highest BCUT2D eigenvalue weighted by Crippen LogP contribution is 2.31. The third-order valence-corrected chi connectivity index (χ3v) is 7.53. The molecule has 2 aromatic heterocycles. The number of amides is 1. The van der Waals surface area contributed by atoms with Gasteiger partial charge in [-0.1, -0.05) is 41.7 Å². The largest absolute Gasteiger partial charge is 0.347 e. The molecule has 2 aliphatic rings. The van der Waals surface area contributed by atoms with Gasteiger partial charge < -0.3 is 9.80 Å². The summed E-state index contributed by atoms with van der Waals surface area (Å²) in [5.41, 5.74) is 2.36. The van der Waals surface area contributed by atoms with E-state index >= 15 is 0 Å². The number of hydrogen-bond donors (Lipinski definition) is 0. The number of fused-ring (bicyclic) bond motifs is 1. The molecular weight excluding hydrogens is 392 g/mol. The zero-order valence-electron chi connectivity index (χ0n) is 17.2. The van der Waals surface area contributed by atoms with Crippen LogP contribution in [0.1, 0.15) is 31.2 Å². The van der Waals surface area contributed by atoms with Crippen molar-refractivity contribution >= 4 is 32.7 Å². The van der Waals surface area contributed by atoms with Crippen molar-refractivity contribution < 1.29 is 4.79 Å². The molecule has 4 heterocycles. The first-order chi connectivity index (χ1) is 14.8. The molecule has 6 heteroatoms. The molecule has 156 valence electrons. The Kier molecular flexibility index (Phi) is 5.67. The molecule has 0 N–H and O–H groups in total. The molecule has 2 saturated heterocycles. The van der Waals surface area contributed by atoms with Crippen LogP contribution in [0, 0.1) is 11.8 Å². The lowest BCUT2D eigenvalue weighted by molar-refractivity contribution is -0.137. The Morgan fingerprint density at radius 1 is 1.03 bits per heavy atom. The van der Waals surface area contributed by atoms with Crippen LogP contribution in [0.2, 0.25) is 0 Å². The van der Waals surface area contributed by atoms with Gasteiger partial charge in [0.15, 0.2) is 5.13 Å². The number of carbonyl (C=O) groups excluding carboxylic acids is 1. The number of aromatic nitrogens is 2. The fourth-order valence-electron chi connectivity index (χ4n) is 4.81. The third kappa shape index (κ3) is 4.19. The maximum atomic E-state index is 13.2. The van der Waals surface area contributed by atoms with Crippen LogP contribution in [0.3, 0.4) is 0 Å². The van der Waals surface area contributed by atoms with Gasteiger partial charge in [0.25, 0.3) is 0 Å². The van der Waals surface area contributed by atoms with Crippen molar-refractivity contribution in [3.63, 3.8) is 0 Å². The number of hydrogen-bond acceptors (Lipinski definition) is 5. The Morgan fingerprint density at radius 3 is 2.67 bits per heavy atom. The van der Waals surface area contributed by atoms with Crippen molar-refractivity contribution in [3.05, 3.63) is 54.2 Å². The summed E-state index contributed by atoms with van der Waals surface area (Å²) in [4.78, 5) is 27.8. The summed E-state index contributed by atoms with van der Waals surface area (Å²) in [7, 11) is 0. The van der Waals surface area contributed by atoms with Crippen LogP contribution in [0.25, 0.3) is 10.3 Å². The molecule has 2 fully saturated rings. The summed E-state index contributed by atoms with van der Waals surface area (Å²) in [6.45, 7) is 3.56. The molecule has 5 rings (SSSR count). The van der Waals surface area contributed by atoms with Gasteiger partial charge in [0, 0.05) is 32.4 Å². The van der Waals surface area contributed by atoms with E-state index in [1.807, 2.05) is 18.3 Å². The lowest BCUT2D eigenvalue weighted by Crippen LogP contribution is -2.47. The minimum absolute atomic E-state index is 0.0874. The third-order valence-electron chi connectivity index (χ3n) is 6.49. The van der Waals surface area contributed by atoms with E-state index in [0.717, 1.165) is 73.8 Å². The van der Waals surface area contributed by atoms with E-state index in [-0.39, 0.29) is 5.92 Å². The van der Waals surface area contributed by atoms with Crippen molar-refractivity contribution in [2.45, 2.75) is 32.1 Å². The first kappa shape index (κ1) is 19.5. The van der Waals surface area contributed by atoms with Gasteiger partial charge in [-0.25, -0.2) is 9.97 Å². The Hall–Kier alpha value is -2.47. The molecule has 30 heavy (non-hydrogen) atoms. The minimum atomic E-state index is 0.0874. The second kappa shape index (κ2) is 8.72. The molecular formula is C24H28N4OS. The average molecular weight is 421 g/mol. The summed E-state index contributed by atoms with van der Waals surface area (Å²) in [5.74, 6) is 1.12. The highest BCUT2D eigenvalue weighted by molar-refractivity contribution is 7.21. The molecule has 0 radical (unpaired) electrons. The van der Waals surface area contributed by atoms with Crippen molar-refractivity contribution in [3.8, 4) is 0 Å². The number of thiazole rings is 1. The molecule has 0 spiro atoms. The fourth-order valence-corrected chi connectivity index (χ4v) is 5.75. The fraction of sp³-hybridized carbons (Fsp3) is 0.458. The van der Waals surface area contributed by atoms with Crippen LogP contribution in [-0.2, 0) is 11.2 Å². The zero-order chi connectivity index (χ0) is 20.3. The highest BCUT2D eigenvalue weighted by Gasteiger charge is 2.32. The van der Waals surface area contributed by atoms with Crippen LogP contribution in [0.5, 0.6) is 0 Å². The number of anilines is 1. The number of benzene rings is 1. The quantitative estimate of drug-likeness (QED) is 0.628. The van der Waals surface area contributed by atoms with Gasteiger partial charge in [-0.05, 0) is 55.7 Å². The van der Waals surface area contributed by atoms with Crippen molar-refractivity contribution in [1.82, 2.24) is 14.9 Å². The number of likely N-dealkylation sites (tertiary alicyclic amines) is 1. The average Bonchev–Trinajstić information content (AvgIpc) is 3.24. The van der Waals surface area contributed by atoms with Crippen molar-refractivity contribution in [2.24, 2.45) is 11.8 Å². The first-order valence-electron chi connectivity index (χ1n) is 11.1. The van der Waals surface area contributed by atoms with Crippen LogP contribution >= 0.6 is 11.3 Å². The van der Waals surface area contributed by atoms with Gasteiger partial charge in [0.2, 0.25) is 5.91 Å². The molecule has 5 nitrogen and oxygen atoms in total. The number of rotatable bonds is 4. The standard InChI is InChI=1S/C24H28N4OS/c29-23(27-14-10-19(11-15-27)16-18-6-2-1-3-7-18)20-8-5-13-28(17-20)24-26-21-9-4-12-25-22(21)30-24/h1-4,6-7,9,12,19-20H,5,8,10-11,13-17H2. The number of nitrogens with zero attached hydrogens (tertiary/aromatic N) is 4. The van der Waals surface area contributed by atoms with Crippen LogP contribution in [0.15, 0.2) is 48.7 Å². The van der Waals surface area contributed by atoms with E-state index in [1.165, 1.54) is 5.56 Å². The predicted octanol–water partition coefficient (Wildman–Crippen LogP) is 4.39. The van der Waals surface area contributed by atoms with Crippen LogP contribution in [-0.4, -0.2) is 47.0 Å². The van der Waals surface area contributed by atoms with Crippen molar-refractivity contribution in [2.75, 3.05) is 31.1 Å². The van der Waals surface area contributed by atoms with Gasteiger partial charge in [0.1, 0.15) is 10.3 Å². The summed E-state index contributed by atoms with van der Waals surface area (Å²) in [6.07, 6.45) is 7.20. The van der Waals surface area contributed by atoms with Crippen LogP contribution in [0.4, 0.5) is 5.13 Å². The van der Waals surface area contributed by atoms with E-state index in [4.69, 9.17) is 4.98 Å². The lowest BCUT2D eigenvalue weighted by atomic mass is 9.89. The lowest BCUT2D eigenvalue weighted by Gasteiger charge is -2.37. The molecule has 1 amide bonds. The molecule has 0 aliphatic carbocycles. The summed E-state index contributed by atoms with van der Waals surface area (Å²) in [5, 5.41) is 1.00. The predicted molar refractivity (Wildman–Crippen MR) is 122 cm³/mol. The molecule has 3 aromatic rings. The van der Waals surface area contributed by atoms with Gasteiger partial charge in [-0.3, -0.25) is 4.79 Å². The summed E-state index contributed by atoms with van der Waals surface area (Å²) >= 11 is 1.63. The second-order valence-electron chi connectivity index (χ2n) is 8.57.